The number of hydrogen-bond donors (Lipinski definition) is 8. The highest BCUT2D eigenvalue weighted by Gasteiger charge is 2.70. The minimum absolute atomic E-state index is 0.00889. The fourth-order valence-electron chi connectivity index (χ4n) is 13.3. The molecule has 0 unspecified atom stereocenters. The van der Waals surface area contributed by atoms with Crippen LogP contribution in [0.25, 0.3) is 0 Å². The van der Waals surface area contributed by atoms with Crippen molar-refractivity contribution >= 4 is 0 Å². The Labute approximate surface area is 312 Å². The number of rotatable bonds is 6. The number of aliphatic hydroxyl groups is 8. The van der Waals surface area contributed by atoms with Crippen molar-refractivity contribution in [2.45, 2.75) is 171 Å². The summed E-state index contributed by atoms with van der Waals surface area (Å²) in [5, 5.41) is 84.7. The van der Waals surface area contributed by atoms with Crippen molar-refractivity contribution in [1.29, 1.82) is 0 Å². The Balaban J connectivity index is 0.911. The van der Waals surface area contributed by atoms with Gasteiger partial charge < -0.3 is 69.3 Å². The smallest absolute Gasteiger partial charge is 0.187 e. The van der Waals surface area contributed by atoms with Crippen LogP contribution in [0.4, 0.5) is 0 Å². The standard InChI is InChI=1S/C39H64O14/c1-17-5-10-39(48-16-17)18(2)28-25(53-39)13-22-20-12-24(42)23-11-19(6-8-37(23,3)21(20)7-9-38(22,28)4)49-35-33(47)31(45)34(27(15-41)51-35)52-36-32(46)30(44)29(43)26(14-40)50-36/h17-36,40-47H,5-16H2,1-4H3/t17-,18+,19+,20-,21+,22+,23-,24-,25+,26-,27-,28+,29-,30+,31-,32-,33-,34+,35-,36+,37-,38+,39-/m1/s1. The van der Waals surface area contributed by atoms with E-state index in [4.69, 9.17) is 28.4 Å². The van der Waals surface area contributed by atoms with E-state index in [1.54, 1.807) is 0 Å². The fraction of sp³-hybridized carbons (Fsp3) is 1.00. The molecule has 0 aromatic heterocycles. The molecule has 0 aromatic carbocycles. The lowest BCUT2D eigenvalue weighted by molar-refractivity contribution is -0.364. The maximum absolute atomic E-state index is 11.9. The lowest BCUT2D eigenvalue weighted by Crippen LogP contribution is -2.65. The van der Waals surface area contributed by atoms with Crippen molar-refractivity contribution in [3.8, 4) is 0 Å². The van der Waals surface area contributed by atoms with Crippen LogP contribution >= 0.6 is 0 Å². The molecule has 23 atom stereocenters. The second-order valence-electron chi connectivity index (χ2n) is 18.8. The van der Waals surface area contributed by atoms with Crippen LogP contribution in [0.5, 0.6) is 0 Å². The molecule has 8 N–H and O–H groups in total. The first-order chi connectivity index (χ1) is 25.2. The molecule has 0 radical (unpaired) electrons. The molecule has 0 aromatic rings. The maximum atomic E-state index is 11.9. The third-order valence-corrected chi connectivity index (χ3v) is 16.2. The third-order valence-electron chi connectivity index (χ3n) is 16.2. The lowest BCUT2D eigenvalue weighted by atomic mass is 9.43. The number of aliphatic hydroxyl groups excluding tert-OH is 8. The molecule has 4 heterocycles. The first-order valence-electron chi connectivity index (χ1n) is 20.4. The van der Waals surface area contributed by atoms with E-state index in [2.05, 4.69) is 27.7 Å². The van der Waals surface area contributed by atoms with E-state index in [0.29, 0.717) is 48.3 Å². The SMILES string of the molecule is C[C@@H]1CC[C@@]2(OC1)O[C@H]1C[C@H]3[C@@H]4C[C@@H](O)[C@H]5C[C@@H](O[C@@H]6O[C@H](CO)[C@H](O[C@@H]7O[C@H](CO)[C@@H](O)[C@H](O)[C@H]7O)[C@H](O)[C@H]6O)CC[C@]5(C)[C@H]4CC[C@]3(C)[C@H]1[C@@H]2C. The number of hydrogen-bond acceptors (Lipinski definition) is 14. The van der Waals surface area contributed by atoms with E-state index in [1.165, 1.54) is 0 Å². The Kier molecular flexibility index (Phi) is 10.6. The van der Waals surface area contributed by atoms with Gasteiger partial charge in [0.2, 0.25) is 0 Å². The predicted molar refractivity (Wildman–Crippen MR) is 184 cm³/mol. The summed E-state index contributed by atoms with van der Waals surface area (Å²) in [5.74, 6) is 2.28. The molecule has 4 aliphatic heterocycles. The van der Waals surface area contributed by atoms with Crippen LogP contribution in [0.15, 0.2) is 0 Å². The Hall–Kier alpha value is -0.560. The molecule has 1 spiro atoms. The van der Waals surface area contributed by atoms with Crippen LogP contribution in [0.1, 0.15) is 85.5 Å². The summed E-state index contributed by atoms with van der Waals surface area (Å²) in [4.78, 5) is 0. The van der Waals surface area contributed by atoms with Crippen molar-refractivity contribution in [3.63, 3.8) is 0 Å². The summed E-state index contributed by atoms with van der Waals surface area (Å²) in [7, 11) is 0. The van der Waals surface area contributed by atoms with Gasteiger partial charge in [0.1, 0.15) is 48.8 Å². The van der Waals surface area contributed by atoms with Crippen LogP contribution in [-0.2, 0) is 28.4 Å². The molecule has 0 amide bonds. The highest BCUT2D eigenvalue weighted by molar-refractivity contribution is 5.16. The average Bonchev–Trinajstić information content (AvgIpc) is 3.59. The monoisotopic (exact) mass is 756 g/mol. The second-order valence-corrected chi connectivity index (χ2v) is 18.8. The molecule has 8 aliphatic rings. The van der Waals surface area contributed by atoms with E-state index in [0.717, 1.165) is 51.6 Å². The summed E-state index contributed by atoms with van der Waals surface area (Å²) >= 11 is 0. The molecule has 4 saturated heterocycles. The summed E-state index contributed by atoms with van der Waals surface area (Å²) in [6, 6.07) is 0. The highest BCUT2D eigenvalue weighted by Crippen LogP contribution is 2.71. The van der Waals surface area contributed by atoms with Gasteiger partial charge in [-0.15, -0.1) is 0 Å². The molecule has 0 bridgehead atoms. The minimum atomic E-state index is -1.74. The van der Waals surface area contributed by atoms with Gasteiger partial charge >= 0.3 is 0 Å². The van der Waals surface area contributed by atoms with E-state index in [9.17, 15) is 40.9 Å². The molecular formula is C39H64O14. The van der Waals surface area contributed by atoms with Gasteiger partial charge in [0.05, 0.1) is 38.1 Å². The van der Waals surface area contributed by atoms with Gasteiger partial charge in [-0.2, -0.15) is 0 Å². The summed E-state index contributed by atoms with van der Waals surface area (Å²) in [6.45, 7) is 8.93. The Bertz CT molecular complexity index is 1290. The summed E-state index contributed by atoms with van der Waals surface area (Å²) in [5.41, 5.74) is 0.0639. The van der Waals surface area contributed by atoms with Crippen molar-refractivity contribution in [2.24, 2.45) is 52.3 Å². The van der Waals surface area contributed by atoms with Gasteiger partial charge in [-0.3, -0.25) is 0 Å². The maximum Gasteiger partial charge on any atom is 0.187 e. The molecule has 14 heteroatoms. The zero-order valence-electron chi connectivity index (χ0n) is 31.6. The number of ether oxygens (including phenoxy) is 6. The zero-order chi connectivity index (χ0) is 37.8. The van der Waals surface area contributed by atoms with Gasteiger partial charge in [0, 0.05) is 12.3 Å². The Morgan fingerprint density at radius 1 is 0.660 bits per heavy atom. The topological polar surface area (TPSA) is 217 Å². The molecular weight excluding hydrogens is 692 g/mol. The van der Waals surface area contributed by atoms with E-state index >= 15 is 0 Å². The largest absolute Gasteiger partial charge is 0.394 e. The normalized spacial score (nSPS) is 59.5. The fourth-order valence-corrected chi connectivity index (χ4v) is 13.3. The first kappa shape index (κ1) is 39.3. The summed E-state index contributed by atoms with van der Waals surface area (Å²) < 4.78 is 36.8. The molecule has 4 aliphatic carbocycles. The van der Waals surface area contributed by atoms with Crippen LogP contribution in [0.2, 0.25) is 0 Å². The molecule has 8 rings (SSSR count). The van der Waals surface area contributed by atoms with Gasteiger partial charge in [0.25, 0.3) is 0 Å². The second kappa shape index (κ2) is 14.4. The van der Waals surface area contributed by atoms with Crippen molar-refractivity contribution in [1.82, 2.24) is 0 Å². The van der Waals surface area contributed by atoms with Gasteiger partial charge in [-0.05, 0) is 97.7 Å². The van der Waals surface area contributed by atoms with Crippen molar-refractivity contribution in [2.75, 3.05) is 19.8 Å². The Morgan fingerprint density at radius 2 is 1.34 bits per heavy atom. The summed E-state index contributed by atoms with van der Waals surface area (Å²) in [6.07, 6.45) is -7.41. The van der Waals surface area contributed by atoms with Gasteiger partial charge in [-0.1, -0.05) is 27.7 Å². The third kappa shape index (κ3) is 6.20. The van der Waals surface area contributed by atoms with Gasteiger partial charge in [-0.25, -0.2) is 0 Å². The van der Waals surface area contributed by atoms with Crippen LogP contribution in [0, 0.1) is 52.3 Å². The molecule has 53 heavy (non-hydrogen) atoms. The van der Waals surface area contributed by atoms with Crippen molar-refractivity contribution < 1.29 is 69.3 Å². The zero-order valence-corrected chi connectivity index (χ0v) is 31.6. The van der Waals surface area contributed by atoms with Crippen LogP contribution in [0.3, 0.4) is 0 Å². The van der Waals surface area contributed by atoms with Crippen molar-refractivity contribution in [3.05, 3.63) is 0 Å². The van der Waals surface area contributed by atoms with E-state index in [-0.39, 0.29) is 29.0 Å². The molecule has 14 nitrogen and oxygen atoms in total. The molecule has 4 saturated carbocycles. The first-order valence-corrected chi connectivity index (χ1v) is 20.4. The van der Waals surface area contributed by atoms with Gasteiger partial charge in [0.15, 0.2) is 18.4 Å². The number of fused-ring (bicyclic) bond motifs is 7. The van der Waals surface area contributed by atoms with E-state index in [1.807, 2.05) is 0 Å². The van der Waals surface area contributed by atoms with Crippen LogP contribution < -0.4 is 0 Å². The lowest BCUT2D eigenvalue weighted by Gasteiger charge is -2.62. The van der Waals surface area contributed by atoms with E-state index < -0.39 is 86.5 Å². The highest BCUT2D eigenvalue weighted by atomic mass is 16.7. The quantitative estimate of drug-likeness (QED) is 0.173. The molecule has 304 valence electrons. The minimum Gasteiger partial charge on any atom is -0.394 e. The Morgan fingerprint density at radius 3 is 2.04 bits per heavy atom. The molecule has 8 fully saturated rings. The predicted octanol–water partition coefficient (Wildman–Crippen LogP) is 0.413. The van der Waals surface area contributed by atoms with Crippen LogP contribution in [-0.4, -0.2) is 146 Å². The average molecular weight is 757 g/mol.